The van der Waals surface area contributed by atoms with Gasteiger partial charge in [-0.05, 0) is 42.9 Å². The second-order valence-corrected chi connectivity index (χ2v) is 14.5. The van der Waals surface area contributed by atoms with Gasteiger partial charge in [-0.15, -0.1) is 11.8 Å². The van der Waals surface area contributed by atoms with Crippen LogP contribution < -0.4 is 15.9 Å². The molecule has 0 radical (unpaired) electrons. The second-order valence-electron chi connectivity index (χ2n) is 13.2. The van der Waals surface area contributed by atoms with Crippen molar-refractivity contribution in [1.29, 1.82) is 0 Å². The summed E-state index contributed by atoms with van der Waals surface area (Å²) in [7, 11) is 0. The number of piperazine rings is 1. The van der Waals surface area contributed by atoms with Gasteiger partial charge < -0.3 is 20.0 Å². The van der Waals surface area contributed by atoms with E-state index < -0.39 is 5.25 Å². The minimum absolute atomic E-state index is 0.0138. The lowest BCUT2D eigenvalue weighted by molar-refractivity contribution is -0.136. The van der Waals surface area contributed by atoms with Crippen LogP contribution in [-0.4, -0.2) is 87.2 Å². The van der Waals surface area contributed by atoms with E-state index in [0.717, 1.165) is 30.6 Å². The number of likely N-dealkylation sites (tertiary alicyclic amines) is 1. The first kappa shape index (κ1) is 30.6. The van der Waals surface area contributed by atoms with Crippen molar-refractivity contribution in [2.75, 3.05) is 50.7 Å². The highest BCUT2D eigenvalue weighted by molar-refractivity contribution is 8.01. The van der Waals surface area contributed by atoms with Crippen LogP contribution in [0.1, 0.15) is 63.4 Å². The summed E-state index contributed by atoms with van der Waals surface area (Å²) in [6.07, 6.45) is 3.85. The predicted molar refractivity (Wildman–Crippen MR) is 171 cm³/mol. The van der Waals surface area contributed by atoms with E-state index in [0.29, 0.717) is 56.9 Å². The van der Waals surface area contributed by atoms with Gasteiger partial charge in [0.1, 0.15) is 11.2 Å². The first-order valence-electron chi connectivity index (χ1n) is 15.6. The number of pyridine rings is 1. The topological polar surface area (TPSA) is 107 Å². The zero-order valence-electron chi connectivity index (χ0n) is 25.7. The van der Waals surface area contributed by atoms with Gasteiger partial charge in [-0.2, -0.15) is 0 Å². The third-order valence-corrected chi connectivity index (χ3v) is 10.5. The molecule has 0 spiro atoms. The molecule has 0 unspecified atom stereocenters. The molecule has 0 aliphatic carbocycles. The van der Waals surface area contributed by atoms with Gasteiger partial charge in [0, 0.05) is 70.0 Å². The number of hydrogen-bond acceptors (Lipinski definition) is 7. The number of benzene rings is 1. The summed E-state index contributed by atoms with van der Waals surface area (Å²) in [5.41, 5.74) is 2.53. The largest absolute Gasteiger partial charge is 0.366 e. The zero-order valence-corrected chi connectivity index (χ0v) is 26.5. The van der Waals surface area contributed by atoms with Gasteiger partial charge >= 0.3 is 5.69 Å². The minimum atomic E-state index is -0.536. The quantitative estimate of drug-likeness (QED) is 0.411. The van der Waals surface area contributed by atoms with E-state index in [9.17, 15) is 14.4 Å². The number of imidazole rings is 1. The molecule has 3 aliphatic heterocycles. The molecule has 12 heteroatoms. The van der Waals surface area contributed by atoms with Crippen molar-refractivity contribution in [2.24, 2.45) is 5.41 Å². The number of nitrogens with zero attached hydrogens (tertiary/aromatic N) is 5. The number of nitrogens with one attached hydrogen (secondary N) is 2. The van der Waals surface area contributed by atoms with E-state index in [1.807, 2.05) is 28.0 Å². The minimum Gasteiger partial charge on any atom is -0.366 e. The normalized spacial score (nSPS) is 21.9. The van der Waals surface area contributed by atoms with Crippen LogP contribution in [0.25, 0.3) is 11.2 Å². The highest BCUT2D eigenvalue weighted by Crippen LogP contribution is 2.48. The maximum absolute atomic E-state index is 15.4. The summed E-state index contributed by atoms with van der Waals surface area (Å²) in [5.74, 6) is -0.387. The number of rotatable bonds is 7. The summed E-state index contributed by atoms with van der Waals surface area (Å²) >= 11 is 1.48. The predicted octanol–water partition coefficient (Wildman–Crippen LogP) is 3.91. The molecular formula is C32H42FN7O3S. The highest BCUT2D eigenvalue weighted by atomic mass is 32.2. The number of amides is 2. The molecule has 6 rings (SSSR count). The Labute approximate surface area is 261 Å². The van der Waals surface area contributed by atoms with E-state index in [-0.39, 0.29) is 46.6 Å². The highest BCUT2D eigenvalue weighted by Gasteiger charge is 2.44. The fraction of sp³-hybridized carbons (Fsp3) is 0.562. The van der Waals surface area contributed by atoms with E-state index in [2.05, 4.69) is 41.0 Å². The van der Waals surface area contributed by atoms with E-state index in [1.54, 1.807) is 16.8 Å². The van der Waals surface area contributed by atoms with E-state index >= 15 is 4.39 Å². The van der Waals surface area contributed by atoms with Gasteiger partial charge in [0.05, 0.1) is 16.5 Å². The fourth-order valence-electron chi connectivity index (χ4n) is 6.58. The van der Waals surface area contributed by atoms with Crippen molar-refractivity contribution in [1.82, 2.24) is 29.7 Å². The molecule has 0 saturated carbocycles. The SMILES string of the molecule is CC(C)(C)CCN1C(=O)[C@H](CC(=O)N2CCC(n3c(=O)[nH]c4ncccc43)CC2)S[C@H]1c1cccc(F)c1N1CCNCC1. The smallest absolute Gasteiger partial charge is 0.327 e. The van der Waals surface area contributed by atoms with Crippen molar-refractivity contribution in [3.8, 4) is 0 Å². The standard InChI is InChI=1S/C32H42FN7O3S/c1-32(2,3)11-17-39-29(42)25(44-30(39)22-6-4-7-23(33)27(22)38-18-13-34-14-19-38)20-26(41)37-15-9-21(10-16-37)40-24-8-5-12-35-28(24)36-31(40)43/h4-8,12,21,25,30,34H,9-11,13-20H2,1-3H3,(H,35,36,43)/t25-,30-/m0/s1. The molecule has 3 saturated heterocycles. The molecule has 2 aromatic heterocycles. The van der Waals surface area contributed by atoms with Crippen molar-refractivity contribution in [2.45, 2.75) is 63.1 Å². The molecule has 236 valence electrons. The summed E-state index contributed by atoms with van der Waals surface area (Å²) < 4.78 is 17.2. The molecule has 2 atom stereocenters. The van der Waals surface area contributed by atoms with Gasteiger partial charge in [-0.3, -0.25) is 19.1 Å². The summed E-state index contributed by atoms with van der Waals surface area (Å²) in [4.78, 5) is 53.0. The zero-order chi connectivity index (χ0) is 31.0. The van der Waals surface area contributed by atoms with Crippen molar-refractivity contribution in [3.05, 3.63) is 58.4 Å². The maximum atomic E-state index is 15.4. The number of thioether (sulfide) groups is 1. The molecule has 1 aromatic carbocycles. The number of para-hydroxylation sites is 1. The average molecular weight is 624 g/mol. The molecule has 10 nitrogen and oxygen atoms in total. The molecule has 3 aromatic rings. The van der Waals surface area contributed by atoms with Crippen molar-refractivity contribution >= 4 is 40.4 Å². The first-order chi connectivity index (χ1) is 21.1. The van der Waals surface area contributed by atoms with Crippen molar-refractivity contribution < 1.29 is 14.0 Å². The maximum Gasteiger partial charge on any atom is 0.327 e. The Morgan fingerprint density at radius 3 is 2.55 bits per heavy atom. The van der Waals surface area contributed by atoms with Crippen LogP contribution in [0.2, 0.25) is 0 Å². The lowest BCUT2D eigenvalue weighted by atomic mass is 9.92. The Hall–Kier alpha value is -3.38. The summed E-state index contributed by atoms with van der Waals surface area (Å²) in [6, 6.07) is 8.83. The fourth-order valence-corrected chi connectivity index (χ4v) is 8.08. The molecule has 3 fully saturated rings. The number of anilines is 1. The van der Waals surface area contributed by atoms with Gasteiger partial charge in [0.15, 0.2) is 5.65 Å². The van der Waals surface area contributed by atoms with Crippen LogP contribution in [0.15, 0.2) is 41.3 Å². The number of carbonyl (C=O) groups is 2. The molecule has 2 N–H and O–H groups in total. The lowest BCUT2D eigenvalue weighted by Gasteiger charge is -2.34. The second kappa shape index (κ2) is 12.5. The van der Waals surface area contributed by atoms with Crippen LogP contribution in [0.5, 0.6) is 0 Å². The van der Waals surface area contributed by atoms with Crippen LogP contribution in [-0.2, 0) is 9.59 Å². The van der Waals surface area contributed by atoms with Crippen LogP contribution in [0.3, 0.4) is 0 Å². The number of aromatic nitrogens is 3. The molecule has 2 amide bonds. The van der Waals surface area contributed by atoms with Crippen LogP contribution >= 0.6 is 11.8 Å². The van der Waals surface area contributed by atoms with E-state index in [1.165, 1.54) is 17.8 Å². The number of halogens is 1. The molecule has 5 heterocycles. The number of fused-ring (bicyclic) bond motifs is 1. The Bertz CT molecular complexity index is 1570. The number of piperidine rings is 1. The van der Waals surface area contributed by atoms with Crippen LogP contribution in [0, 0.1) is 11.2 Å². The monoisotopic (exact) mass is 623 g/mol. The Morgan fingerprint density at radius 2 is 1.82 bits per heavy atom. The average Bonchev–Trinajstić information content (AvgIpc) is 3.51. The van der Waals surface area contributed by atoms with Gasteiger partial charge in [-0.1, -0.05) is 32.9 Å². The van der Waals surface area contributed by atoms with Gasteiger partial charge in [0.25, 0.3) is 0 Å². The lowest BCUT2D eigenvalue weighted by Crippen LogP contribution is -2.44. The Balaban J connectivity index is 1.18. The third kappa shape index (κ3) is 6.24. The molecule has 0 bridgehead atoms. The van der Waals surface area contributed by atoms with Gasteiger partial charge in [0.2, 0.25) is 11.8 Å². The summed E-state index contributed by atoms with van der Waals surface area (Å²) in [5, 5.41) is 2.43. The number of hydrogen-bond donors (Lipinski definition) is 2. The van der Waals surface area contributed by atoms with Gasteiger partial charge in [-0.25, -0.2) is 14.2 Å². The Morgan fingerprint density at radius 1 is 1.07 bits per heavy atom. The molecule has 44 heavy (non-hydrogen) atoms. The number of H-pyrrole nitrogens is 1. The summed E-state index contributed by atoms with van der Waals surface area (Å²) in [6.45, 7) is 11.0. The van der Waals surface area contributed by atoms with Crippen molar-refractivity contribution in [3.63, 3.8) is 0 Å². The first-order valence-corrected chi connectivity index (χ1v) is 16.6. The number of carbonyl (C=O) groups excluding carboxylic acids is 2. The van der Waals surface area contributed by atoms with E-state index in [4.69, 9.17) is 0 Å². The third-order valence-electron chi connectivity index (χ3n) is 8.99. The Kier molecular flexibility index (Phi) is 8.74. The van der Waals surface area contributed by atoms with Crippen LogP contribution in [0.4, 0.5) is 10.1 Å². The number of aromatic amines is 1. The molecule has 3 aliphatic rings. The molecular weight excluding hydrogens is 581 g/mol.